The Kier molecular flexibility index (Phi) is 11.9. The second-order valence-corrected chi connectivity index (χ2v) is 16.4. The van der Waals surface area contributed by atoms with Crippen molar-refractivity contribution in [2.75, 3.05) is 28.4 Å². The molecule has 8 atom stereocenters. The van der Waals surface area contributed by atoms with Crippen LogP contribution in [-0.4, -0.2) is 119 Å². The van der Waals surface area contributed by atoms with E-state index in [9.17, 15) is 19.2 Å². The van der Waals surface area contributed by atoms with Gasteiger partial charge < -0.3 is 58.8 Å². The van der Waals surface area contributed by atoms with Crippen molar-refractivity contribution in [3.8, 4) is 45.1 Å². The second-order valence-electron chi connectivity index (χ2n) is 16.4. The lowest BCUT2D eigenvalue weighted by Gasteiger charge is -2.33. The van der Waals surface area contributed by atoms with Crippen molar-refractivity contribution in [2.24, 2.45) is 0 Å². The summed E-state index contributed by atoms with van der Waals surface area (Å²) in [5, 5.41) is 5.29. The Morgan fingerprint density at radius 1 is 0.661 bits per heavy atom. The van der Waals surface area contributed by atoms with Crippen LogP contribution in [0.2, 0.25) is 0 Å². The van der Waals surface area contributed by atoms with E-state index in [0.29, 0.717) is 37.7 Å². The Morgan fingerprint density at radius 3 is 1.44 bits per heavy atom. The first-order chi connectivity index (χ1) is 29.8. The number of benzene rings is 2. The molecular weight excluding hydrogens is 801 g/mol. The summed E-state index contributed by atoms with van der Waals surface area (Å²) in [7, 11) is 5.50. The number of carbonyl (C=O) groups is 4. The molecular formula is C44H54N8O10. The third-order valence-corrected chi connectivity index (χ3v) is 12.8. The van der Waals surface area contributed by atoms with Gasteiger partial charge in [0.1, 0.15) is 48.4 Å². The maximum absolute atomic E-state index is 14.0. The molecule has 2 saturated heterocycles. The molecule has 330 valence electrons. The van der Waals surface area contributed by atoms with Gasteiger partial charge in [0.05, 0.1) is 62.3 Å². The van der Waals surface area contributed by atoms with Gasteiger partial charge in [-0.1, -0.05) is 0 Å². The minimum absolute atomic E-state index is 0.0883. The highest BCUT2D eigenvalue weighted by atomic mass is 16.5. The average Bonchev–Trinajstić information content (AvgIpc) is 4.12. The van der Waals surface area contributed by atoms with Crippen LogP contribution >= 0.6 is 0 Å². The monoisotopic (exact) mass is 854 g/mol. The van der Waals surface area contributed by atoms with Gasteiger partial charge in [0.2, 0.25) is 11.8 Å². The highest BCUT2D eigenvalue weighted by Gasteiger charge is 2.44. The first kappa shape index (κ1) is 42.5. The summed E-state index contributed by atoms with van der Waals surface area (Å²) >= 11 is 0. The number of aromatic nitrogens is 4. The number of carbonyl (C=O) groups excluding carboxylic acids is 4. The van der Waals surface area contributed by atoms with Crippen LogP contribution < -0.4 is 20.1 Å². The van der Waals surface area contributed by atoms with E-state index < -0.39 is 36.5 Å². The van der Waals surface area contributed by atoms with Gasteiger partial charge in [0.25, 0.3) is 0 Å². The Labute approximate surface area is 359 Å². The number of alkyl carbamates (subject to hydrolysis) is 2. The number of rotatable bonds is 12. The van der Waals surface area contributed by atoms with Gasteiger partial charge in [-0.15, -0.1) is 0 Å². The lowest BCUT2D eigenvalue weighted by molar-refractivity contribution is -0.140. The smallest absolute Gasteiger partial charge is 0.407 e. The quantitative estimate of drug-likeness (QED) is 0.138. The normalized spacial score (nSPS) is 21.8. The topological polar surface area (TPSA) is 212 Å². The number of ether oxygens (including phenoxy) is 6. The van der Waals surface area contributed by atoms with Crippen molar-refractivity contribution < 1.29 is 47.6 Å². The largest absolute Gasteiger partial charge is 0.488 e. The number of aromatic amines is 2. The van der Waals surface area contributed by atoms with Crippen LogP contribution in [0.5, 0.6) is 11.5 Å². The minimum atomic E-state index is -0.941. The van der Waals surface area contributed by atoms with Crippen molar-refractivity contribution in [1.82, 2.24) is 40.4 Å². The Bertz CT molecular complexity index is 2150. The van der Waals surface area contributed by atoms with Gasteiger partial charge in [-0.3, -0.25) is 9.59 Å². The zero-order valence-electron chi connectivity index (χ0n) is 36.2. The zero-order chi connectivity index (χ0) is 44.0. The number of nitrogens with zero attached hydrogens (tertiary/aromatic N) is 4. The first-order valence-corrected chi connectivity index (χ1v) is 20.9. The van der Waals surface area contributed by atoms with Gasteiger partial charge >= 0.3 is 12.2 Å². The van der Waals surface area contributed by atoms with Gasteiger partial charge in [0, 0.05) is 59.7 Å². The van der Waals surface area contributed by atoms with E-state index in [1.54, 1.807) is 36.0 Å². The first-order valence-electron chi connectivity index (χ1n) is 20.9. The summed E-state index contributed by atoms with van der Waals surface area (Å²) in [5.74, 6) is 2.22. The van der Waals surface area contributed by atoms with E-state index in [2.05, 4.69) is 32.7 Å². The SMILES string of the molecule is COC(=O)N[C@H](C(=O)N1C(c2ncc(-c3cc4c5c(c3)OCc3cc(-c6cnc([C@@H]7CC[C@H](C)N7C(=O)[C@@H](NC(=O)OC)[C@@H](C)OC)[nH]6)cc(c3-5)OC4)[nH]2)CC[C@@H]1C)[C@@H](C)OC. The molecule has 4 amide bonds. The lowest BCUT2D eigenvalue weighted by Crippen LogP contribution is -2.55. The molecule has 2 fully saturated rings. The van der Waals surface area contributed by atoms with E-state index >= 15 is 0 Å². The molecule has 2 aromatic carbocycles. The van der Waals surface area contributed by atoms with Crippen LogP contribution in [0.1, 0.15) is 88.2 Å². The molecule has 0 saturated carbocycles. The lowest BCUT2D eigenvalue weighted by atomic mass is 9.87. The maximum Gasteiger partial charge on any atom is 0.407 e. The summed E-state index contributed by atoms with van der Waals surface area (Å²) < 4.78 is 33.4. The van der Waals surface area contributed by atoms with E-state index in [0.717, 1.165) is 69.1 Å². The van der Waals surface area contributed by atoms with Gasteiger partial charge in [0.15, 0.2) is 0 Å². The molecule has 0 radical (unpaired) electrons. The molecule has 0 bridgehead atoms. The third-order valence-electron chi connectivity index (χ3n) is 12.8. The third kappa shape index (κ3) is 7.69. The fourth-order valence-electron chi connectivity index (χ4n) is 9.27. The Morgan fingerprint density at radius 2 is 1.06 bits per heavy atom. The fraction of sp³-hybridized carbons (Fsp3) is 0.500. The van der Waals surface area contributed by atoms with Crippen molar-refractivity contribution in [3.05, 3.63) is 59.4 Å². The van der Waals surface area contributed by atoms with Crippen LogP contribution in [0.3, 0.4) is 0 Å². The summed E-state index contributed by atoms with van der Waals surface area (Å²) in [4.78, 5) is 72.3. The molecule has 18 heteroatoms. The number of hydrogen-bond acceptors (Lipinski definition) is 12. The minimum Gasteiger partial charge on any atom is -0.488 e. The van der Waals surface area contributed by atoms with Crippen molar-refractivity contribution in [1.29, 1.82) is 0 Å². The van der Waals surface area contributed by atoms with Crippen molar-refractivity contribution in [2.45, 2.75) is 115 Å². The summed E-state index contributed by atoms with van der Waals surface area (Å²) in [6.45, 7) is 8.08. The maximum atomic E-state index is 14.0. The zero-order valence-corrected chi connectivity index (χ0v) is 36.2. The number of amides is 4. The predicted molar refractivity (Wildman–Crippen MR) is 224 cm³/mol. The van der Waals surface area contributed by atoms with Gasteiger partial charge in [-0.05, 0) is 77.6 Å². The second kappa shape index (κ2) is 17.3. The fourth-order valence-corrected chi connectivity index (χ4v) is 9.27. The molecule has 6 heterocycles. The number of hydrogen-bond donors (Lipinski definition) is 4. The number of methoxy groups -OCH3 is 4. The van der Waals surface area contributed by atoms with Crippen LogP contribution in [0.25, 0.3) is 33.6 Å². The van der Waals surface area contributed by atoms with Crippen LogP contribution in [0, 0.1) is 0 Å². The molecule has 4 N–H and O–H groups in total. The number of likely N-dealkylation sites (tertiary alicyclic amines) is 2. The summed E-state index contributed by atoms with van der Waals surface area (Å²) in [5.41, 5.74) is 7.19. The highest BCUT2D eigenvalue weighted by Crippen LogP contribution is 2.51. The van der Waals surface area contributed by atoms with E-state index in [4.69, 9.17) is 38.4 Å². The summed E-state index contributed by atoms with van der Waals surface area (Å²) in [6.07, 6.45) is 3.87. The summed E-state index contributed by atoms with van der Waals surface area (Å²) in [6, 6.07) is 5.45. The van der Waals surface area contributed by atoms with E-state index in [1.165, 1.54) is 28.4 Å². The van der Waals surface area contributed by atoms with Crippen LogP contribution in [0.15, 0.2) is 36.7 Å². The predicted octanol–water partition coefficient (Wildman–Crippen LogP) is 5.54. The van der Waals surface area contributed by atoms with Crippen molar-refractivity contribution in [3.63, 3.8) is 0 Å². The Hall–Kier alpha value is -6.14. The molecule has 1 unspecified atom stereocenters. The van der Waals surface area contributed by atoms with E-state index in [1.807, 2.05) is 26.0 Å². The highest BCUT2D eigenvalue weighted by molar-refractivity contribution is 5.90. The molecule has 0 aliphatic carbocycles. The molecule has 8 rings (SSSR count). The number of H-pyrrole nitrogens is 2. The van der Waals surface area contributed by atoms with Crippen LogP contribution in [-0.2, 0) is 41.8 Å². The Balaban J connectivity index is 1.03. The standard InChI is InChI=1S/C44H54N8O10/c1-21-9-11-31(51(21)41(53)37(23(3)57-5)49-43(55)59-7)39-45-17-29(47-39)25-13-27-19-62-34-16-26(14-28-20-61-33(15-25)35(27)36(28)34)30-18-46-40(48-30)32-12-10-22(2)52(32)42(54)38(24(4)58-6)50-44(56)60-8/h13-18,21-24,31-32,37-38H,9-12,19-20H2,1-8H3,(H,45,47)(H,46,48)(H,49,55)(H,50,56)/t21-,22-,23+,24+,31-,32?,37-,38-/m0/s1. The number of nitrogens with one attached hydrogen (secondary N) is 4. The average molecular weight is 855 g/mol. The van der Waals surface area contributed by atoms with Gasteiger partial charge in [-0.2, -0.15) is 0 Å². The van der Waals surface area contributed by atoms with Crippen LogP contribution in [0.4, 0.5) is 9.59 Å². The molecule has 0 spiro atoms. The molecule has 2 aromatic heterocycles. The van der Waals surface area contributed by atoms with Crippen molar-refractivity contribution >= 4 is 24.0 Å². The molecule has 62 heavy (non-hydrogen) atoms. The molecule has 4 aliphatic heterocycles. The molecule has 4 aliphatic rings. The molecule has 4 aromatic rings. The molecule has 18 nitrogen and oxygen atoms in total. The van der Waals surface area contributed by atoms with E-state index in [-0.39, 0.29) is 36.0 Å². The van der Waals surface area contributed by atoms with Gasteiger partial charge in [-0.25, -0.2) is 19.6 Å². The number of imidazole rings is 2.